The summed E-state index contributed by atoms with van der Waals surface area (Å²) in [5.41, 5.74) is 6.30. The van der Waals surface area contributed by atoms with E-state index in [0.717, 1.165) is 57.6 Å². The highest BCUT2D eigenvalue weighted by atomic mass is 16.2. The van der Waals surface area contributed by atoms with E-state index in [4.69, 9.17) is 5.10 Å². The summed E-state index contributed by atoms with van der Waals surface area (Å²) in [5.74, 6) is -0.146. The number of aromatic nitrogens is 2. The first-order valence-electron chi connectivity index (χ1n) is 12.2. The highest BCUT2D eigenvalue weighted by molar-refractivity contribution is 6.04. The summed E-state index contributed by atoms with van der Waals surface area (Å²) in [6.45, 7) is 9.95. The van der Waals surface area contributed by atoms with Crippen LogP contribution >= 0.6 is 0 Å². The van der Waals surface area contributed by atoms with Crippen LogP contribution in [0.1, 0.15) is 45.7 Å². The third-order valence-corrected chi connectivity index (χ3v) is 6.66. The van der Waals surface area contributed by atoms with Crippen molar-refractivity contribution in [1.29, 1.82) is 0 Å². The van der Waals surface area contributed by atoms with Crippen LogP contribution in [0.15, 0.2) is 73.3 Å². The van der Waals surface area contributed by atoms with Gasteiger partial charge in [-0.15, -0.1) is 0 Å². The second-order valence-electron chi connectivity index (χ2n) is 9.37. The first-order valence-corrected chi connectivity index (χ1v) is 12.2. The molecule has 0 fully saturated rings. The number of amides is 2. The molecule has 4 N–H and O–H groups in total. The Hall–Kier alpha value is -4.23. The molecule has 0 bridgehead atoms. The molecule has 1 atom stereocenters. The van der Waals surface area contributed by atoms with Gasteiger partial charge in [-0.3, -0.25) is 14.3 Å². The van der Waals surface area contributed by atoms with E-state index in [1.54, 1.807) is 0 Å². The Morgan fingerprint density at radius 2 is 1.92 bits per heavy atom. The van der Waals surface area contributed by atoms with Crippen LogP contribution in [-0.4, -0.2) is 28.1 Å². The number of anilines is 2. The smallest absolute Gasteiger partial charge is 0.276 e. The molecule has 36 heavy (non-hydrogen) atoms. The predicted octanol–water partition coefficient (Wildman–Crippen LogP) is 3.95. The van der Waals surface area contributed by atoms with Gasteiger partial charge in [-0.25, -0.2) is 0 Å². The zero-order valence-corrected chi connectivity index (χ0v) is 20.5. The van der Waals surface area contributed by atoms with Crippen molar-refractivity contribution in [1.82, 2.24) is 9.78 Å². The Morgan fingerprint density at radius 3 is 2.72 bits per heavy atom. The topological polar surface area (TPSA) is 92.6 Å². The molecular formula is C29H30N5O2+. The second-order valence-corrected chi connectivity index (χ2v) is 9.37. The average molecular weight is 481 g/mol. The Morgan fingerprint density at radius 1 is 1.11 bits per heavy atom. The SMILES string of the molecule is C=CC(=O)Nc1ccc2c(Cn3nc(C(=O)Nc4cccc(C)c4)c4c3C(C)C[NH2+]C4)cccc2c1. The van der Waals surface area contributed by atoms with E-state index in [2.05, 4.69) is 35.5 Å². The monoisotopic (exact) mass is 480 g/mol. The van der Waals surface area contributed by atoms with Gasteiger partial charge in [-0.2, -0.15) is 5.10 Å². The molecule has 5 rings (SSSR count). The largest absolute Gasteiger partial charge is 0.342 e. The molecule has 0 saturated heterocycles. The van der Waals surface area contributed by atoms with Gasteiger partial charge < -0.3 is 16.0 Å². The number of carbonyl (C=O) groups excluding carboxylic acids is 2. The van der Waals surface area contributed by atoms with Crippen LogP contribution in [0.5, 0.6) is 0 Å². The number of nitrogens with one attached hydrogen (secondary N) is 2. The van der Waals surface area contributed by atoms with E-state index >= 15 is 0 Å². The fourth-order valence-electron chi connectivity index (χ4n) is 4.99. The third-order valence-electron chi connectivity index (χ3n) is 6.66. The van der Waals surface area contributed by atoms with Gasteiger partial charge in [0.25, 0.3) is 5.91 Å². The molecule has 1 aromatic heterocycles. The van der Waals surface area contributed by atoms with Gasteiger partial charge in [0.05, 0.1) is 24.3 Å². The maximum Gasteiger partial charge on any atom is 0.276 e. The molecular weight excluding hydrogens is 450 g/mol. The minimum atomic E-state index is -0.240. The predicted molar refractivity (Wildman–Crippen MR) is 142 cm³/mol. The van der Waals surface area contributed by atoms with E-state index in [0.29, 0.717) is 12.2 Å². The van der Waals surface area contributed by atoms with Gasteiger partial charge in [0.1, 0.15) is 6.54 Å². The molecule has 1 aliphatic rings. The van der Waals surface area contributed by atoms with Crippen LogP contribution in [-0.2, 0) is 17.9 Å². The number of nitrogens with two attached hydrogens (primary N) is 1. The van der Waals surface area contributed by atoms with Gasteiger partial charge in [-0.1, -0.05) is 49.9 Å². The van der Waals surface area contributed by atoms with Crippen molar-refractivity contribution >= 4 is 34.0 Å². The number of quaternary nitrogens is 1. The van der Waals surface area contributed by atoms with Crippen molar-refractivity contribution in [2.75, 3.05) is 17.2 Å². The zero-order valence-electron chi connectivity index (χ0n) is 20.5. The van der Waals surface area contributed by atoms with Crippen LogP contribution in [0.4, 0.5) is 11.4 Å². The van der Waals surface area contributed by atoms with Crippen LogP contribution in [0.3, 0.4) is 0 Å². The van der Waals surface area contributed by atoms with Gasteiger partial charge >= 0.3 is 0 Å². The second kappa shape index (κ2) is 9.79. The fourth-order valence-corrected chi connectivity index (χ4v) is 4.99. The maximum absolute atomic E-state index is 13.3. The summed E-state index contributed by atoms with van der Waals surface area (Å²) in [6, 6.07) is 19.8. The Kier molecular flexibility index (Phi) is 6.40. The van der Waals surface area contributed by atoms with Gasteiger partial charge in [0.15, 0.2) is 5.69 Å². The Bertz CT molecular complexity index is 1490. The molecule has 2 amide bonds. The quantitative estimate of drug-likeness (QED) is 0.365. The normalized spacial score (nSPS) is 14.8. The molecule has 0 radical (unpaired) electrons. The van der Waals surface area contributed by atoms with Crippen molar-refractivity contribution < 1.29 is 14.9 Å². The van der Waals surface area contributed by atoms with Crippen molar-refractivity contribution in [3.05, 3.63) is 101 Å². The summed E-state index contributed by atoms with van der Waals surface area (Å²) in [5, 5.41) is 15.0. The molecule has 7 heteroatoms. The van der Waals surface area contributed by atoms with Gasteiger partial charge in [-0.05, 0) is 59.2 Å². The van der Waals surface area contributed by atoms with Crippen molar-refractivity contribution in [2.45, 2.75) is 32.9 Å². The lowest BCUT2D eigenvalue weighted by molar-refractivity contribution is -0.676. The maximum atomic E-state index is 13.3. The Balaban J connectivity index is 1.49. The number of hydrogen-bond acceptors (Lipinski definition) is 3. The lowest BCUT2D eigenvalue weighted by Gasteiger charge is -2.20. The number of hydrogen-bond donors (Lipinski definition) is 3. The highest BCUT2D eigenvalue weighted by Gasteiger charge is 2.31. The van der Waals surface area contributed by atoms with Crippen molar-refractivity contribution in [3.8, 4) is 0 Å². The van der Waals surface area contributed by atoms with Crippen molar-refractivity contribution in [3.63, 3.8) is 0 Å². The number of rotatable bonds is 6. The number of aryl methyl sites for hydroxylation is 1. The van der Waals surface area contributed by atoms with Gasteiger partial charge in [0, 0.05) is 17.3 Å². The fraction of sp³-hybridized carbons (Fsp3) is 0.207. The Labute approximate surface area is 210 Å². The molecule has 0 saturated carbocycles. The molecule has 0 spiro atoms. The lowest BCUT2D eigenvalue weighted by Crippen LogP contribution is -2.85. The molecule has 182 valence electrons. The summed E-state index contributed by atoms with van der Waals surface area (Å²) in [4.78, 5) is 25.0. The standard InChI is InChI=1S/C29H29N5O2/c1-4-26(35)31-23-11-12-24-20(14-23)8-6-9-21(24)17-34-28-19(3)15-30-16-25(28)27(33-34)29(36)32-22-10-5-7-18(2)13-22/h4-14,19,30H,1,15-17H2,2-3H3,(H,31,35)(H,32,36)/p+1. The van der Waals surface area contributed by atoms with Gasteiger partial charge in [0.2, 0.25) is 5.91 Å². The molecule has 1 unspecified atom stereocenters. The van der Waals surface area contributed by atoms with E-state index in [1.165, 1.54) is 6.08 Å². The van der Waals surface area contributed by atoms with E-state index in [9.17, 15) is 9.59 Å². The summed E-state index contributed by atoms with van der Waals surface area (Å²) in [6.07, 6.45) is 1.26. The summed E-state index contributed by atoms with van der Waals surface area (Å²) >= 11 is 0. The lowest BCUT2D eigenvalue weighted by atomic mass is 9.97. The zero-order chi connectivity index (χ0) is 25.2. The number of benzene rings is 3. The average Bonchev–Trinajstić information content (AvgIpc) is 3.24. The highest BCUT2D eigenvalue weighted by Crippen LogP contribution is 2.28. The number of carbonyl (C=O) groups is 2. The molecule has 2 heterocycles. The minimum Gasteiger partial charge on any atom is -0.342 e. The molecule has 4 aromatic rings. The number of fused-ring (bicyclic) bond motifs is 2. The first kappa shape index (κ1) is 23.5. The summed E-state index contributed by atoms with van der Waals surface area (Å²) < 4.78 is 2.00. The molecule has 7 nitrogen and oxygen atoms in total. The first-order chi connectivity index (χ1) is 17.4. The van der Waals surface area contributed by atoms with E-state index in [-0.39, 0.29) is 17.7 Å². The van der Waals surface area contributed by atoms with E-state index < -0.39 is 0 Å². The van der Waals surface area contributed by atoms with E-state index in [1.807, 2.05) is 66.2 Å². The minimum absolute atomic E-state index is 0.182. The van der Waals surface area contributed by atoms with Crippen molar-refractivity contribution in [2.24, 2.45) is 0 Å². The summed E-state index contributed by atoms with van der Waals surface area (Å²) in [7, 11) is 0. The van der Waals surface area contributed by atoms with Crippen LogP contribution in [0, 0.1) is 6.92 Å². The molecule has 3 aromatic carbocycles. The molecule has 0 aliphatic carbocycles. The number of nitrogens with zero attached hydrogens (tertiary/aromatic N) is 2. The third kappa shape index (κ3) is 4.65. The molecule has 1 aliphatic heterocycles. The van der Waals surface area contributed by atoms with Crippen LogP contribution in [0.2, 0.25) is 0 Å². The van der Waals surface area contributed by atoms with Crippen LogP contribution in [0.25, 0.3) is 10.8 Å². The van der Waals surface area contributed by atoms with Crippen LogP contribution < -0.4 is 16.0 Å².